The lowest BCUT2D eigenvalue weighted by Gasteiger charge is -1.73. The van der Waals surface area contributed by atoms with Crippen molar-refractivity contribution in [1.29, 1.82) is 0 Å². The zero-order valence-corrected chi connectivity index (χ0v) is 4.10. The van der Waals surface area contributed by atoms with Crippen molar-refractivity contribution in [3.8, 4) is 0 Å². The van der Waals surface area contributed by atoms with Crippen molar-refractivity contribution < 1.29 is 9.59 Å². The van der Waals surface area contributed by atoms with Crippen LogP contribution in [0.15, 0.2) is 6.08 Å². The summed E-state index contributed by atoms with van der Waals surface area (Å²) in [4.78, 5) is 19.4. The molecule has 0 fully saturated rings. The molecule has 0 radical (unpaired) electrons. The van der Waals surface area contributed by atoms with Gasteiger partial charge in [0, 0.05) is 12.5 Å². The summed E-state index contributed by atoms with van der Waals surface area (Å²) in [6.07, 6.45) is 1.38. The molecule has 0 heterocycles. The molecule has 0 bridgehead atoms. The average molecular weight is 98.1 g/mol. The Labute approximate surface area is 41.8 Å². The van der Waals surface area contributed by atoms with E-state index in [0.29, 0.717) is 0 Å². The lowest BCUT2D eigenvalue weighted by molar-refractivity contribution is -0.116. The van der Waals surface area contributed by atoms with Crippen LogP contribution in [0.25, 0.3) is 0 Å². The monoisotopic (exact) mass is 98.0 g/mol. The molecule has 2 heteroatoms. The van der Waals surface area contributed by atoms with Crippen LogP contribution in [0.5, 0.6) is 0 Å². The molecule has 0 rings (SSSR count). The van der Waals surface area contributed by atoms with E-state index in [-0.39, 0.29) is 12.2 Å². The van der Waals surface area contributed by atoms with Gasteiger partial charge in [0.1, 0.15) is 11.7 Å². The van der Waals surface area contributed by atoms with Crippen LogP contribution in [0.3, 0.4) is 0 Å². The van der Waals surface area contributed by atoms with Crippen molar-refractivity contribution in [2.24, 2.45) is 0 Å². The molecule has 0 aromatic rings. The van der Waals surface area contributed by atoms with Gasteiger partial charge in [-0.3, -0.25) is 4.79 Å². The third-order valence-electron chi connectivity index (χ3n) is 0.473. The van der Waals surface area contributed by atoms with Crippen LogP contribution < -0.4 is 0 Å². The fraction of sp³-hybridized carbons (Fsp3) is 0.400. The first-order valence-corrected chi connectivity index (χ1v) is 1.96. The fourth-order valence-corrected chi connectivity index (χ4v) is 0.185. The van der Waals surface area contributed by atoms with Crippen molar-refractivity contribution in [2.75, 3.05) is 0 Å². The number of carbonyl (C=O) groups excluding carboxylic acids is 2. The summed E-state index contributed by atoms with van der Waals surface area (Å²) in [7, 11) is 0. The van der Waals surface area contributed by atoms with E-state index < -0.39 is 0 Å². The topological polar surface area (TPSA) is 34.1 Å². The molecule has 0 amide bonds. The normalized spacial score (nSPS) is 7.00. The molecule has 0 unspecified atom stereocenters. The maximum Gasteiger partial charge on any atom is 0.134 e. The maximum atomic E-state index is 9.99. The van der Waals surface area contributed by atoms with Crippen molar-refractivity contribution in [3.63, 3.8) is 0 Å². The summed E-state index contributed by atoms with van der Waals surface area (Å²) in [5, 5.41) is 0. The molecule has 7 heavy (non-hydrogen) atoms. The zero-order chi connectivity index (χ0) is 5.70. The predicted octanol–water partition coefficient (Wildman–Crippen LogP) is 0.353. The highest BCUT2D eigenvalue weighted by molar-refractivity contribution is 5.78. The van der Waals surface area contributed by atoms with Gasteiger partial charge in [0.05, 0.1) is 0 Å². The van der Waals surface area contributed by atoms with E-state index in [2.05, 4.69) is 0 Å². The Bertz CT molecular complexity index is 109. The molecule has 0 saturated carbocycles. The fourth-order valence-electron chi connectivity index (χ4n) is 0.185. The van der Waals surface area contributed by atoms with Gasteiger partial charge in [-0.2, -0.15) is 0 Å². The van der Waals surface area contributed by atoms with Gasteiger partial charge in [0.15, 0.2) is 0 Å². The Kier molecular flexibility index (Phi) is 2.90. The molecule has 0 aromatic heterocycles. The number of ketones is 1. The first kappa shape index (κ1) is 6.12. The van der Waals surface area contributed by atoms with E-state index in [1.54, 1.807) is 0 Å². The molecule has 0 saturated heterocycles. The molecule has 0 aromatic carbocycles. The van der Waals surface area contributed by atoms with Gasteiger partial charge in [-0.05, 0) is 6.92 Å². The van der Waals surface area contributed by atoms with Gasteiger partial charge in [0.2, 0.25) is 0 Å². The number of carbonyl (C=O) groups is 1. The van der Waals surface area contributed by atoms with Crippen molar-refractivity contribution >= 4 is 11.7 Å². The van der Waals surface area contributed by atoms with Gasteiger partial charge in [-0.1, -0.05) is 0 Å². The van der Waals surface area contributed by atoms with Crippen molar-refractivity contribution in [3.05, 3.63) is 6.08 Å². The third-order valence-corrected chi connectivity index (χ3v) is 0.473. The Hall–Kier alpha value is -0.880. The van der Waals surface area contributed by atoms with E-state index in [4.69, 9.17) is 0 Å². The van der Waals surface area contributed by atoms with Gasteiger partial charge < -0.3 is 0 Å². The Morgan fingerprint density at radius 3 is 2.57 bits per heavy atom. The molecular formula is C5H6O2. The summed E-state index contributed by atoms with van der Waals surface area (Å²) in [6.45, 7) is 1.42. The molecule has 0 atom stereocenters. The molecule has 0 aliphatic heterocycles. The molecular weight excluding hydrogens is 92.1 g/mol. The average Bonchev–Trinajstić information content (AvgIpc) is 1.61. The SMILES string of the molecule is CC(=O)CC=C=O. The molecule has 0 aliphatic carbocycles. The minimum absolute atomic E-state index is 0.0108. The third kappa shape index (κ3) is 5.12. The van der Waals surface area contributed by atoms with Gasteiger partial charge in [0.25, 0.3) is 0 Å². The predicted molar refractivity (Wildman–Crippen MR) is 25.6 cm³/mol. The van der Waals surface area contributed by atoms with Crippen LogP contribution in [0, 0.1) is 0 Å². The van der Waals surface area contributed by atoms with E-state index in [1.807, 2.05) is 0 Å². The zero-order valence-electron chi connectivity index (χ0n) is 4.10. The standard InChI is InChI=1S/C5H6O2/c1-5(7)3-2-4-6/h2H,3H2,1H3. The molecule has 2 nitrogen and oxygen atoms in total. The lowest BCUT2D eigenvalue weighted by Crippen LogP contribution is -1.83. The lowest BCUT2D eigenvalue weighted by atomic mass is 10.3. The van der Waals surface area contributed by atoms with Gasteiger partial charge in [-0.15, -0.1) is 0 Å². The van der Waals surface area contributed by atoms with E-state index in [9.17, 15) is 9.59 Å². The number of Topliss-reactive ketones (excluding diaryl/α,β-unsaturated/α-hetero) is 1. The van der Waals surface area contributed by atoms with Crippen LogP contribution in [-0.2, 0) is 9.59 Å². The van der Waals surface area contributed by atoms with Gasteiger partial charge in [-0.25, -0.2) is 4.79 Å². The highest BCUT2D eigenvalue weighted by atomic mass is 16.1. The van der Waals surface area contributed by atoms with Crippen LogP contribution in [-0.4, -0.2) is 11.7 Å². The van der Waals surface area contributed by atoms with Crippen LogP contribution in [0.4, 0.5) is 0 Å². The molecule has 0 spiro atoms. The summed E-state index contributed by atoms with van der Waals surface area (Å²) in [5.74, 6) is 1.49. The second-order valence-corrected chi connectivity index (χ2v) is 1.23. The molecule has 0 aliphatic rings. The summed E-state index contributed by atoms with van der Waals surface area (Å²) in [6, 6.07) is 0. The first-order chi connectivity index (χ1) is 3.27. The smallest absolute Gasteiger partial charge is 0.134 e. The van der Waals surface area contributed by atoms with E-state index in [1.165, 1.54) is 18.9 Å². The Morgan fingerprint density at radius 2 is 2.43 bits per heavy atom. The number of hydrogen-bond acceptors (Lipinski definition) is 2. The van der Waals surface area contributed by atoms with E-state index in [0.717, 1.165) is 0 Å². The highest BCUT2D eigenvalue weighted by Crippen LogP contribution is 1.76. The van der Waals surface area contributed by atoms with Crippen LogP contribution in [0.1, 0.15) is 13.3 Å². The number of hydrogen-bond donors (Lipinski definition) is 0. The van der Waals surface area contributed by atoms with Crippen molar-refractivity contribution in [1.82, 2.24) is 0 Å². The molecule has 0 N–H and O–H groups in total. The van der Waals surface area contributed by atoms with Gasteiger partial charge >= 0.3 is 0 Å². The molecule has 38 valence electrons. The minimum Gasteiger partial charge on any atom is -0.300 e. The summed E-state index contributed by atoms with van der Waals surface area (Å²) < 4.78 is 0. The second kappa shape index (κ2) is 3.32. The second-order valence-electron chi connectivity index (χ2n) is 1.23. The maximum absolute atomic E-state index is 9.99. The van der Waals surface area contributed by atoms with Crippen LogP contribution in [0.2, 0.25) is 0 Å². The summed E-state index contributed by atoms with van der Waals surface area (Å²) in [5.41, 5.74) is 0. The largest absolute Gasteiger partial charge is 0.300 e. The quantitative estimate of drug-likeness (QED) is 0.467. The number of rotatable bonds is 2. The van der Waals surface area contributed by atoms with Crippen molar-refractivity contribution in [2.45, 2.75) is 13.3 Å². The Morgan fingerprint density at radius 1 is 1.86 bits per heavy atom. The summed E-state index contributed by atoms with van der Waals surface area (Å²) >= 11 is 0. The first-order valence-electron chi connectivity index (χ1n) is 1.96. The minimum atomic E-state index is -0.0108. The van der Waals surface area contributed by atoms with Crippen LogP contribution >= 0.6 is 0 Å². The van der Waals surface area contributed by atoms with E-state index >= 15 is 0 Å². The Balaban J connectivity index is 3.32. The highest BCUT2D eigenvalue weighted by Gasteiger charge is 1.82. The number of allylic oxidation sites excluding steroid dienone is 1.